The van der Waals surface area contributed by atoms with Crippen molar-refractivity contribution in [1.82, 2.24) is 4.57 Å². The minimum atomic E-state index is -1.11. The maximum absolute atomic E-state index is 13.3. The summed E-state index contributed by atoms with van der Waals surface area (Å²) in [7, 11) is 1.63. The van der Waals surface area contributed by atoms with E-state index in [1.807, 2.05) is 6.92 Å². The Bertz CT molecular complexity index is 1090. The second-order valence-electron chi connectivity index (χ2n) is 6.44. The van der Waals surface area contributed by atoms with Gasteiger partial charge in [0.25, 0.3) is 0 Å². The largest absolute Gasteiger partial charge is 0.489 e. The van der Waals surface area contributed by atoms with E-state index in [-0.39, 0.29) is 12.3 Å². The minimum Gasteiger partial charge on any atom is -0.489 e. The molecule has 0 aliphatic heterocycles. The number of carboxylic acid groups (broad SMARTS) is 1. The van der Waals surface area contributed by atoms with Crippen molar-refractivity contribution >= 4 is 11.7 Å². The van der Waals surface area contributed by atoms with Gasteiger partial charge >= 0.3 is 5.97 Å². The summed E-state index contributed by atoms with van der Waals surface area (Å²) in [5.41, 5.74) is 2.32. The summed E-state index contributed by atoms with van der Waals surface area (Å²) >= 11 is 0. The fourth-order valence-corrected chi connectivity index (χ4v) is 3.35. The molecule has 0 saturated heterocycles. The molecule has 0 bridgehead atoms. The molecular weight excluding hydrogens is 378 g/mol. The van der Waals surface area contributed by atoms with E-state index in [0.29, 0.717) is 40.2 Å². The quantitative estimate of drug-likeness (QED) is 0.571. The number of hydrogen-bond acceptors (Lipinski definition) is 2. The van der Waals surface area contributed by atoms with Crippen LogP contribution < -0.4 is 4.74 Å². The van der Waals surface area contributed by atoms with Gasteiger partial charge in [0.15, 0.2) is 0 Å². The van der Waals surface area contributed by atoms with Crippen LogP contribution in [0.3, 0.4) is 0 Å². The lowest BCUT2D eigenvalue weighted by Gasteiger charge is -2.09. The first-order chi connectivity index (χ1) is 13.8. The van der Waals surface area contributed by atoms with Gasteiger partial charge in [-0.15, -0.1) is 0 Å². The molecule has 0 aliphatic carbocycles. The zero-order chi connectivity index (χ0) is 21.1. The lowest BCUT2D eigenvalue weighted by molar-refractivity contribution is 0.0687. The highest BCUT2D eigenvalue weighted by atomic mass is 19.1. The lowest BCUT2D eigenvalue weighted by Crippen LogP contribution is -2.07. The molecule has 1 heterocycles. The third-order valence-corrected chi connectivity index (χ3v) is 4.61. The van der Waals surface area contributed by atoms with Gasteiger partial charge in [-0.1, -0.05) is 19.1 Å². The summed E-state index contributed by atoms with van der Waals surface area (Å²) in [5.74, 6) is -2.02. The van der Waals surface area contributed by atoms with Crippen LogP contribution in [0.5, 0.6) is 5.75 Å². The van der Waals surface area contributed by atoms with Crippen LogP contribution in [0.4, 0.5) is 14.5 Å². The van der Waals surface area contributed by atoms with E-state index in [4.69, 9.17) is 11.3 Å². The summed E-state index contributed by atoms with van der Waals surface area (Å²) in [6.45, 7) is 9.35. The fourth-order valence-electron chi connectivity index (χ4n) is 3.35. The lowest BCUT2D eigenvalue weighted by atomic mass is 10.0. The summed E-state index contributed by atoms with van der Waals surface area (Å²) in [6.07, 6.45) is 0.528. The monoisotopic (exact) mass is 396 g/mol. The predicted molar refractivity (Wildman–Crippen MR) is 104 cm³/mol. The first kappa shape index (κ1) is 20.1. The Balaban J connectivity index is 1.91. The number of ether oxygens (including phenoxy) is 1. The standard InChI is InChI=1S/C22H18F2N2O3/c1-4-18-20(25-2)19(21(22(27)28)26(18)3)14-5-7-17(8-6-14)29-12-13-9-15(23)11-16(24)10-13/h5-11H,4,12H2,1,3H3,(H,27,28). The van der Waals surface area contributed by atoms with Crippen molar-refractivity contribution in [2.75, 3.05) is 0 Å². The number of aromatic nitrogens is 1. The molecule has 0 aliphatic rings. The second kappa shape index (κ2) is 8.15. The summed E-state index contributed by atoms with van der Waals surface area (Å²) in [4.78, 5) is 15.3. The van der Waals surface area contributed by atoms with Crippen molar-refractivity contribution in [2.24, 2.45) is 7.05 Å². The molecular formula is C22H18F2N2O3. The Morgan fingerprint density at radius 1 is 1.17 bits per heavy atom. The zero-order valence-electron chi connectivity index (χ0n) is 15.9. The van der Waals surface area contributed by atoms with Crippen molar-refractivity contribution in [2.45, 2.75) is 20.0 Å². The number of aromatic carboxylic acids is 1. The molecule has 5 nitrogen and oxygen atoms in total. The van der Waals surface area contributed by atoms with Crippen molar-refractivity contribution in [3.05, 3.63) is 82.5 Å². The van der Waals surface area contributed by atoms with Gasteiger partial charge in [-0.3, -0.25) is 0 Å². The van der Waals surface area contributed by atoms with E-state index >= 15 is 0 Å². The van der Waals surface area contributed by atoms with Gasteiger partial charge in [-0.25, -0.2) is 18.4 Å². The van der Waals surface area contributed by atoms with Crippen LogP contribution in [0.25, 0.3) is 16.0 Å². The van der Waals surface area contributed by atoms with Crippen molar-refractivity contribution in [3.8, 4) is 16.9 Å². The predicted octanol–water partition coefficient (Wildman–Crippen LogP) is 5.36. The van der Waals surface area contributed by atoms with Crippen LogP contribution in [0.1, 0.15) is 28.7 Å². The summed E-state index contributed by atoms with van der Waals surface area (Å²) in [6, 6.07) is 9.75. The van der Waals surface area contributed by atoms with Crippen LogP contribution in [-0.2, 0) is 20.1 Å². The molecule has 148 valence electrons. The van der Waals surface area contributed by atoms with Gasteiger partial charge in [-0.05, 0) is 41.8 Å². The third kappa shape index (κ3) is 3.97. The molecule has 0 unspecified atom stereocenters. The average molecular weight is 396 g/mol. The molecule has 0 saturated carbocycles. The Hall–Kier alpha value is -3.66. The molecule has 0 fully saturated rings. The summed E-state index contributed by atoms with van der Waals surface area (Å²) in [5, 5.41) is 9.64. The molecule has 1 aromatic heterocycles. The molecule has 0 atom stereocenters. The van der Waals surface area contributed by atoms with Crippen LogP contribution in [0.15, 0.2) is 42.5 Å². The Labute approximate surface area is 166 Å². The Kier molecular flexibility index (Phi) is 5.64. The molecule has 3 aromatic rings. The molecule has 0 radical (unpaired) electrons. The average Bonchev–Trinajstić information content (AvgIpc) is 2.97. The third-order valence-electron chi connectivity index (χ3n) is 4.61. The van der Waals surface area contributed by atoms with E-state index < -0.39 is 17.6 Å². The first-order valence-corrected chi connectivity index (χ1v) is 8.86. The van der Waals surface area contributed by atoms with E-state index in [2.05, 4.69) is 4.85 Å². The number of halogens is 2. The van der Waals surface area contributed by atoms with Crippen molar-refractivity contribution < 1.29 is 23.4 Å². The number of nitrogens with zero attached hydrogens (tertiary/aromatic N) is 2. The first-order valence-electron chi connectivity index (χ1n) is 8.86. The number of carboxylic acids is 1. The van der Waals surface area contributed by atoms with Gasteiger partial charge in [-0.2, -0.15) is 0 Å². The summed E-state index contributed by atoms with van der Waals surface area (Å²) < 4.78 is 33.6. The van der Waals surface area contributed by atoms with E-state index in [1.54, 1.807) is 31.3 Å². The number of rotatable bonds is 6. The van der Waals surface area contributed by atoms with Crippen LogP contribution >= 0.6 is 0 Å². The number of hydrogen-bond donors (Lipinski definition) is 1. The van der Waals surface area contributed by atoms with Gasteiger partial charge in [0.1, 0.15) is 29.7 Å². The topological polar surface area (TPSA) is 55.8 Å². The molecule has 0 amide bonds. The van der Waals surface area contributed by atoms with E-state index in [0.717, 1.165) is 6.07 Å². The van der Waals surface area contributed by atoms with Crippen molar-refractivity contribution in [3.63, 3.8) is 0 Å². The maximum atomic E-state index is 13.3. The Morgan fingerprint density at radius 3 is 2.31 bits per heavy atom. The Morgan fingerprint density at radius 2 is 1.79 bits per heavy atom. The van der Waals surface area contributed by atoms with Crippen LogP contribution in [0.2, 0.25) is 0 Å². The van der Waals surface area contributed by atoms with Gasteiger partial charge in [0.05, 0.1) is 6.57 Å². The van der Waals surface area contributed by atoms with Crippen LogP contribution in [-0.4, -0.2) is 15.6 Å². The van der Waals surface area contributed by atoms with Gasteiger partial charge < -0.3 is 14.4 Å². The minimum absolute atomic E-state index is 0.0208. The van der Waals surface area contributed by atoms with E-state index in [9.17, 15) is 18.7 Å². The number of carbonyl (C=O) groups is 1. The highest BCUT2D eigenvalue weighted by Crippen LogP contribution is 2.39. The van der Waals surface area contributed by atoms with Crippen LogP contribution in [0, 0.1) is 18.2 Å². The van der Waals surface area contributed by atoms with Crippen molar-refractivity contribution in [1.29, 1.82) is 0 Å². The molecule has 2 aromatic carbocycles. The molecule has 0 spiro atoms. The fraction of sp³-hybridized carbons (Fsp3) is 0.182. The van der Waals surface area contributed by atoms with Gasteiger partial charge in [0.2, 0.25) is 5.69 Å². The molecule has 3 rings (SSSR count). The second-order valence-corrected chi connectivity index (χ2v) is 6.44. The zero-order valence-corrected chi connectivity index (χ0v) is 15.9. The highest BCUT2D eigenvalue weighted by molar-refractivity contribution is 6.00. The molecule has 7 heteroatoms. The normalized spacial score (nSPS) is 10.6. The smallest absolute Gasteiger partial charge is 0.351 e. The molecule has 29 heavy (non-hydrogen) atoms. The van der Waals surface area contributed by atoms with Gasteiger partial charge in [0, 0.05) is 24.4 Å². The SMILES string of the molecule is [C-]#[N+]c1c(-c2ccc(OCc3cc(F)cc(F)c3)cc2)c(C(=O)O)n(C)c1CC. The number of benzene rings is 2. The molecule has 1 N–H and O–H groups in total. The maximum Gasteiger partial charge on any atom is 0.351 e. The highest BCUT2D eigenvalue weighted by Gasteiger charge is 2.25. The van der Waals surface area contributed by atoms with E-state index in [1.165, 1.54) is 16.7 Å².